The first-order valence-corrected chi connectivity index (χ1v) is 6.36. The maximum Gasteiger partial charge on any atom is 0.380 e. The van der Waals surface area contributed by atoms with Crippen molar-refractivity contribution in [3.05, 3.63) is 29.3 Å². The normalized spacial score (nSPS) is 15.8. The molecule has 1 aromatic carbocycles. The Morgan fingerprint density at radius 2 is 1.93 bits per heavy atom. The van der Waals surface area contributed by atoms with Gasteiger partial charge in [0, 0.05) is 0 Å². The fourth-order valence-corrected chi connectivity index (χ4v) is 2.36. The summed E-state index contributed by atoms with van der Waals surface area (Å²) < 4.78 is 26.4. The fourth-order valence-electron chi connectivity index (χ4n) is 1.95. The van der Waals surface area contributed by atoms with Crippen LogP contribution in [0.2, 0.25) is 0 Å². The highest BCUT2D eigenvalue weighted by atomic mass is 32.2. The number of hydrogen-bond donors (Lipinski definition) is 1. The maximum absolute atomic E-state index is 10.8. The summed E-state index contributed by atoms with van der Waals surface area (Å²) >= 11 is 0. The van der Waals surface area contributed by atoms with Crippen LogP contribution in [0.25, 0.3) is 0 Å². The van der Waals surface area contributed by atoms with Gasteiger partial charge in [0.1, 0.15) is 5.75 Å². The highest BCUT2D eigenvalue weighted by molar-refractivity contribution is 7.84. The summed E-state index contributed by atoms with van der Waals surface area (Å²) in [5.41, 5.74) is 2.15. The smallest absolute Gasteiger partial charge is 0.371 e. The third kappa shape index (κ3) is 2.49. The van der Waals surface area contributed by atoms with Crippen LogP contribution in [0.15, 0.2) is 18.2 Å². The maximum atomic E-state index is 10.8. The average molecular weight is 227 g/mol. The minimum Gasteiger partial charge on any atom is -0.371 e. The third-order valence-corrected chi connectivity index (χ3v) is 2.97. The van der Waals surface area contributed by atoms with Crippen molar-refractivity contribution in [1.29, 1.82) is 0 Å². The second-order valence-electron chi connectivity index (χ2n) is 3.68. The Bertz CT molecular complexity index is 468. The number of hydrogen-bond acceptors (Lipinski definition) is 3. The Morgan fingerprint density at radius 1 is 1.20 bits per heavy atom. The van der Waals surface area contributed by atoms with Crippen LogP contribution >= 0.6 is 0 Å². The van der Waals surface area contributed by atoms with Gasteiger partial charge in [-0.3, -0.25) is 0 Å². The fraction of sp³-hybridized carbons (Fsp3) is 0.400. The number of aryl methyl sites for hydroxylation is 1. The van der Waals surface area contributed by atoms with E-state index >= 15 is 0 Å². The van der Waals surface area contributed by atoms with Gasteiger partial charge in [-0.25, -0.2) is 0 Å². The topological polar surface area (TPSA) is 69.4 Å². The lowest BCUT2D eigenvalue weighted by atomic mass is 9.91. The third-order valence-electron chi connectivity index (χ3n) is 2.56. The molecule has 0 heterocycles. The van der Waals surface area contributed by atoms with E-state index in [9.17, 15) is 8.42 Å². The van der Waals surface area contributed by atoms with E-state index in [1.54, 1.807) is 12.1 Å². The summed E-state index contributed by atoms with van der Waals surface area (Å²) in [5.74, 6) is 0.384. The molecule has 2 rings (SSSR count). The molecule has 0 spiro atoms. The molecule has 0 aliphatic heterocycles. The number of fused-ring (bicyclic) bond motifs is 1. The van der Waals surface area contributed by atoms with E-state index < -0.39 is 10.3 Å². The molecule has 4 nitrogen and oxygen atoms in total. The van der Waals surface area contributed by atoms with Crippen molar-refractivity contribution in [2.75, 3.05) is 0 Å². The van der Waals surface area contributed by atoms with Crippen molar-refractivity contribution in [3.63, 3.8) is 0 Å². The molecular weight excluding hydrogens is 214 g/mol. The number of rotatable bonds is 2. The van der Waals surface area contributed by atoms with Crippen LogP contribution in [0, 0.1) is 0 Å². The summed E-state index contributed by atoms with van der Waals surface area (Å²) in [6.45, 7) is 0. The first kappa shape index (κ1) is 10.4. The molecular formula is C10H13NO3S. The lowest BCUT2D eigenvalue weighted by Gasteiger charge is -2.18. The molecule has 1 aromatic rings. The van der Waals surface area contributed by atoms with Crippen LogP contribution in [0.1, 0.15) is 24.0 Å². The molecule has 0 saturated heterocycles. The molecule has 5 heteroatoms. The average Bonchev–Trinajstić information content (AvgIpc) is 2.16. The van der Waals surface area contributed by atoms with E-state index in [0.717, 1.165) is 31.2 Å². The molecule has 1 aliphatic carbocycles. The largest absolute Gasteiger partial charge is 0.380 e. The Kier molecular flexibility index (Phi) is 2.67. The molecule has 15 heavy (non-hydrogen) atoms. The van der Waals surface area contributed by atoms with Crippen molar-refractivity contribution >= 4 is 10.3 Å². The van der Waals surface area contributed by atoms with Crippen LogP contribution in [-0.4, -0.2) is 8.42 Å². The lowest BCUT2D eigenvalue weighted by molar-refractivity contribution is 0.481. The molecule has 0 unspecified atom stereocenters. The van der Waals surface area contributed by atoms with Gasteiger partial charge in [0.15, 0.2) is 0 Å². The monoisotopic (exact) mass is 227 g/mol. The van der Waals surface area contributed by atoms with Crippen molar-refractivity contribution in [2.24, 2.45) is 5.14 Å². The van der Waals surface area contributed by atoms with Crippen LogP contribution in [-0.2, 0) is 23.1 Å². The van der Waals surface area contributed by atoms with Crippen molar-refractivity contribution in [2.45, 2.75) is 25.7 Å². The zero-order valence-corrected chi connectivity index (χ0v) is 9.09. The Balaban J connectivity index is 2.39. The zero-order chi connectivity index (χ0) is 10.9. The van der Waals surface area contributed by atoms with E-state index in [-0.39, 0.29) is 0 Å². The number of benzene rings is 1. The summed E-state index contributed by atoms with van der Waals surface area (Å²) in [5, 5.41) is 4.85. The first-order valence-electron chi connectivity index (χ1n) is 4.89. The highest BCUT2D eigenvalue weighted by Crippen LogP contribution is 2.29. The minimum atomic E-state index is -3.91. The van der Waals surface area contributed by atoms with Crippen LogP contribution < -0.4 is 9.32 Å². The van der Waals surface area contributed by atoms with Crippen LogP contribution in [0.4, 0.5) is 0 Å². The van der Waals surface area contributed by atoms with E-state index in [1.165, 1.54) is 5.56 Å². The summed E-state index contributed by atoms with van der Waals surface area (Å²) in [6, 6.07) is 5.45. The van der Waals surface area contributed by atoms with Gasteiger partial charge in [0.25, 0.3) is 0 Å². The Morgan fingerprint density at radius 3 is 2.67 bits per heavy atom. The van der Waals surface area contributed by atoms with Gasteiger partial charge in [-0.1, -0.05) is 12.1 Å². The van der Waals surface area contributed by atoms with Crippen molar-refractivity contribution in [3.8, 4) is 5.75 Å². The summed E-state index contributed by atoms with van der Waals surface area (Å²) in [4.78, 5) is 0. The van der Waals surface area contributed by atoms with E-state index in [2.05, 4.69) is 0 Å². The second-order valence-corrected chi connectivity index (χ2v) is 4.83. The van der Waals surface area contributed by atoms with Crippen LogP contribution in [0.3, 0.4) is 0 Å². The Labute approximate surface area is 89.3 Å². The molecule has 0 aromatic heterocycles. The SMILES string of the molecule is NS(=O)(=O)Oc1cccc2c1CCCC2. The highest BCUT2D eigenvalue weighted by Gasteiger charge is 2.16. The molecule has 82 valence electrons. The van der Waals surface area contributed by atoms with Gasteiger partial charge in [0.05, 0.1) is 0 Å². The van der Waals surface area contributed by atoms with Crippen molar-refractivity contribution in [1.82, 2.24) is 0 Å². The minimum absolute atomic E-state index is 0.384. The lowest BCUT2D eigenvalue weighted by Crippen LogP contribution is -2.20. The quantitative estimate of drug-likeness (QED) is 0.823. The van der Waals surface area contributed by atoms with E-state index in [4.69, 9.17) is 9.32 Å². The molecule has 0 saturated carbocycles. The molecule has 2 N–H and O–H groups in total. The van der Waals surface area contributed by atoms with Gasteiger partial charge in [0.2, 0.25) is 0 Å². The van der Waals surface area contributed by atoms with Gasteiger partial charge >= 0.3 is 10.3 Å². The van der Waals surface area contributed by atoms with Crippen LogP contribution in [0.5, 0.6) is 5.75 Å². The van der Waals surface area contributed by atoms with Gasteiger partial charge in [-0.15, -0.1) is 0 Å². The Hall–Kier alpha value is -1.07. The summed E-state index contributed by atoms with van der Waals surface area (Å²) in [6.07, 6.45) is 4.06. The van der Waals surface area contributed by atoms with Gasteiger partial charge in [-0.2, -0.15) is 13.6 Å². The van der Waals surface area contributed by atoms with Gasteiger partial charge in [-0.05, 0) is 42.9 Å². The predicted molar refractivity (Wildman–Crippen MR) is 56.8 cm³/mol. The second kappa shape index (κ2) is 3.83. The van der Waals surface area contributed by atoms with E-state index in [0.29, 0.717) is 5.75 Å². The molecule has 0 amide bonds. The molecule has 0 radical (unpaired) electrons. The molecule has 0 atom stereocenters. The first-order chi connectivity index (χ1) is 7.06. The number of nitrogens with two attached hydrogens (primary N) is 1. The standard InChI is InChI=1S/C10H13NO3S/c11-15(12,13)14-10-7-3-5-8-4-1-2-6-9(8)10/h3,5,7H,1-2,4,6H2,(H2,11,12,13). The molecule has 1 aliphatic rings. The summed E-state index contributed by atoms with van der Waals surface area (Å²) in [7, 11) is -3.91. The van der Waals surface area contributed by atoms with E-state index in [1.807, 2.05) is 6.07 Å². The predicted octanol–water partition coefficient (Wildman–Crippen LogP) is 1.15. The molecule has 0 bridgehead atoms. The van der Waals surface area contributed by atoms with Gasteiger partial charge < -0.3 is 4.18 Å². The molecule has 0 fully saturated rings. The van der Waals surface area contributed by atoms with Crippen molar-refractivity contribution < 1.29 is 12.6 Å². The zero-order valence-electron chi connectivity index (χ0n) is 8.27.